The molecule has 2 N–H and O–H groups in total. The molecule has 1 heterocycles. The summed E-state index contributed by atoms with van der Waals surface area (Å²) in [5, 5.41) is 0.370. The van der Waals surface area contributed by atoms with Gasteiger partial charge in [-0.3, -0.25) is 9.59 Å². The standard InChI is InChI=1S/C18H21ClN2O4/c1-11-8-14(12(2)21(11)6-7-24-3)16(22)10-25-17-5-4-13(19)9-15(17)18(20)23/h4-5,8-9H,6-7,10H2,1-3H3,(H2,20,23). The third-order valence-corrected chi connectivity index (χ3v) is 4.19. The number of ketones is 1. The van der Waals surface area contributed by atoms with Crippen molar-refractivity contribution >= 4 is 23.3 Å². The molecule has 25 heavy (non-hydrogen) atoms. The maximum absolute atomic E-state index is 12.5. The van der Waals surface area contributed by atoms with Crippen LogP contribution in [0.5, 0.6) is 5.75 Å². The van der Waals surface area contributed by atoms with E-state index >= 15 is 0 Å². The number of nitrogens with two attached hydrogens (primary N) is 1. The smallest absolute Gasteiger partial charge is 0.252 e. The number of hydrogen-bond donors (Lipinski definition) is 1. The van der Waals surface area contributed by atoms with Crippen LogP contribution in [0, 0.1) is 13.8 Å². The van der Waals surface area contributed by atoms with Crippen molar-refractivity contribution in [1.82, 2.24) is 4.57 Å². The first kappa shape index (κ1) is 19.0. The number of ether oxygens (including phenoxy) is 2. The molecule has 0 aliphatic carbocycles. The first-order chi connectivity index (χ1) is 11.8. The van der Waals surface area contributed by atoms with Crippen molar-refractivity contribution in [3.8, 4) is 5.75 Å². The molecule has 6 nitrogen and oxygen atoms in total. The molecule has 0 unspecified atom stereocenters. The van der Waals surface area contributed by atoms with E-state index in [0.29, 0.717) is 23.7 Å². The van der Waals surface area contributed by atoms with Gasteiger partial charge >= 0.3 is 0 Å². The molecule has 1 aromatic carbocycles. The number of benzene rings is 1. The van der Waals surface area contributed by atoms with Crippen molar-refractivity contribution in [2.45, 2.75) is 20.4 Å². The third-order valence-electron chi connectivity index (χ3n) is 3.96. The SMILES string of the molecule is COCCn1c(C)cc(C(=O)COc2ccc(Cl)cc2C(N)=O)c1C. The van der Waals surface area contributed by atoms with Crippen LogP contribution in [0.15, 0.2) is 24.3 Å². The number of aryl methyl sites for hydroxylation is 1. The van der Waals surface area contributed by atoms with Crippen LogP contribution in [0.25, 0.3) is 0 Å². The number of nitrogens with zero attached hydrogens (tertiary/aromatic N) is 1. The predicted octanol–water partition coefficient (Wildman–Crippen LogP) is 2.77. The molecule has 0 aliphatic rings. The van der Waals surface area contributed by atoms with Crippen molar-refractivity contribution in [2.24, 2.45) is 5.73 Å². The second-order valence-corrected chi connectivity index (χ2v) is 6.08. The van der Waals surface area contributed by atoms with Gasteiger partial charge in [-0.15, -0.1) is 0 Å². The first-order valence-electron chi connectivity index (χ1n) is 7.76. The Kier molecular flexibility index (Phi) is 6.22. The Hall–Kier alpha value is -2.31. The predicted molar refractivity (Wildman–Crippen MR) is 95.6 cm³/mol. The largest absolute Gasteiger partial charge is 0.485 e. The lowest BCUT2D eigenvalue weighted by Crippen LogP contribution is -2.17. The highest BCUT2D eigenvalue weighted by Crippen LogP contribution is 2.23. The highest BCUT2D eigenvalue weighted by molar-refractivity contribution is 6.31. The van der Waals surface area contributed by atoms with Gasteiger partial charge in [-0.1, -0.05) is 11.6 Å². The van der Waals surface area contributed by atoms with E-state index in [1.165, 1.54) is 12.1 Å². The van der Waals surface area contributed by atoms with Gasteiger partial charge in [0.05, 0.1) is 12.2 Å². The summed E-state index contributed by atoms with van der Waals surface area (Å²) >= 11 is 5.86. The highest BCUT2D eigenvalue weighted by atomic mass is 35.5. The molecule has 2 rings (SSSR count). The highest BCUT2D eigenvalue weighted by Gasteiger charge is 2.17. The molecule has 134 valence electrons. The molecular weight excluding hydrogens is 344 g/mol. The zero-order valence-corrected chi connectivity index (χ0v) is 15.2. The number of rotatable bonds is 8. The molecule has 0 atom stereocenters. The molecule has 0 bridgehead atoms. The molecule has 7 heteroatoms. The minimum atomic E-state index is -0.664. The first-order valence-corrected chi connectivity index (χ1v) is 8.14. The molecule has 1 aromatic heterocycles. The van der Waals surface area contributed by atoms with Gasteiger partial charge in [0.2, 0.25) is 5.78 Å². The molecule has 0 spiro atoms. The van der Waals surface area contributed by atoms with Crippen LogP contribution in [0.2, 0.25) is 5.02 Å². The number of aromatic nitrogens is 1. The Morgan fingerprint density at radius 3 is 2.56 bits per heavy atom. The van der Waals surface area contributed by atoms with Crippen LogP contribution < -0.4 is 10.5 Å². The fourth-order valence-corrected chi connectivity index (χ4v) is 2.82. The van der Waals surface area contributed by atoms with Gasteiger partial charge in [0.25, 0.3) is 5.91 Å². The van der Waals surface area contributed by atoms with Crippen LogP contribution in [-0.4, -0.2) is 36.6 Å². The van der Waals surface area contributed by atoms with Gasteiger partial charge in [-0.05, 0) is 38.1 Å². The summed E-state index contributed by atoms with van der Waals surface area (Å²) in [5.74, 6) is -0.608. The molecule has 0 saturated carbocycles. The average Bonchev–Trinajstić information content (AvgIpc) is 2.85. The summed E-state index contributed by atoms with van der Waals surface area (Å²) < 4.78 is 12.6. The zero-order chi connectivity index (χ0) is 18.6. The summed E-state index contributed by atoms with van der Waals surface area (Å²) in [6.45, 7) is 4.85. The Balaban J connectivity index is 2.15. The van der Waals surface area contributed by atoms with Crippen molar-refractivity contribution in [3.05, 3.63) is 51.8 Å². The van der Waals surface area contributed by atoms with E-state index in [4.69, 9.17) is 26.8 Å². The van der Waals surface area contributed by atoms with E-state index in [1.807, 2.05) is 24.5 Å². The fraction of sp³-hybridized carbons (Fsp3) is 0.333. The van der Waals surface area contributed by atoms with Crippen molar-refractivity contribution in [1.29, 1.82) is 0 Å². The maximum atomic E-state index is 12.5. The topological polar surface area (TPSA) is 83.6 Å². The number of carbonyl (C=O) groups is 2. The number of halogens is 1. The van der Waals surface area contributed by atoms with Gasteiger partial charge in [-0.2, -0.15) is 0 Å². The second kappa shape index (κ2) is 8.18. The summed E-state index contributed by atoms with van der Waals surface area (Å²) in [6.07, 6.45) is 0. The maximum Gasteiger partial charge on any atom is 0.252 e. The number of amides is 1. The van der Waals surface area contributed by atoms with Crippen molar-refractivity contribution in [2.75, 3.05) is 20.3 Å². The fourth-order valence-electron chi connectivity index (χ4n) is 2.65. The van der Waals surface area contributed by atoms with E-state index in [0.717, 1.165) is 11.4 Å². The Bertz CT molecular complexity index is 799. The van der Waals surface area contributed by atoms with Crippen LogP contribution >= 0.6 is 11.6 Å². The Morgan fingerprint density at radius 2 is 1.92 bits per heavy atom. The minimum Gasteiger partial charge on any atom is -0.485 e. The molecule has 0 fully saturated rings. The summed E-state index contributed by atoms with van der Waals surface area (Å²) in [5.41, 5.74) is 7.88. The van der Waals surface area contributed by atoms with Gasteiger partial charge < -0.3 is 19.8 Å². The van der Waals surface area contributed by atoms with Crippen LogP contribution in [0.4, 0.5) is 0 Å². The van der Waals surface area contributed by atoms with Crippen LogP contribution in [0.1, 0.15) is 32.1 Å². The second-order valence-electron chi connectivity index (χ2n) is 5.65. The normalized spacial score (nSPS) is 10.7. The van der Waals surface area contributed by atoms with E-state index in [2.05, 4.69) is 0 Å². The number of carbonyl (C=O) groups excluding carboxylic acids is 2. The van der Waals surface area contributed by atoms with Crippen molar-refractivity contribution < 1.29 is 19.1 Å². The van der Waals surface area contributed by atoms with Crippen molar-refractivity contribution in [3.63, 3.8) is 0 Å². The number of hydrogen-bond acceptors (Lipinski definition) is 4. The van der Waals surface area contributed by atoms with Crippen LogP contribution in [-0.2, 0) is 11.3 Å². The lowest BCUT2D eigenvalue weighted by Gasteiger charge is -2.10. The number of methoxy groups -OCH3 is 1. The third kappa shape index (κ3) is 4.41. The van der Waals surface area contributed by atoms with Crippen LogP contribution in [0.3, 0.4) is 0 Å². The molecule has 0 radical (unpaired) electrons. The molecular formula is C18H21ClN2O4. The summed E-state index contributed by atoms with van der Waals surface area (Å²) in [4.78, 5) is 24.0. The summed E-state index contributed by atoms with van der Waals surface area (Å²) in [6, 6.07) is 6.34. The monoisotopic (exact) mass is 364 g/mol. The Labute approximate surface area is 151 Å². The Morgan fingerprint density at radius 1 is 1.20 bits per heavy atom. The van der Waals surface area contributed by atoms with E-state index in [1.54, 1.807) is 13.2 Å². The zero-order valence-electron chi connectivity index (χ0n) is 14.5. The molecule has 1 amide bonds. The number of Topliss-reactive ketones (excluding diaryl/α,β-unsaturated/α-hetero) is 1. The minimum absolute atomic E-state index is 0.144. The summed E-state index contributed by atoms with van der Waals surface area (Å²) in [7, 11) is 1.64. The lowest BCUT2D eigenvalue weighted by molar-refractivity contribution is 0.0911. The molecule has 0 saturated heterocycles. The molecule has 0 aliphatic heterocycles. The van der Waals surface area contributed by atoms with Gasteiger partial charge in [0, 0.05) is 35.6 Å². The molecule has 2 aromatic rings. The number of primary amides is 1. The lowest BCUT2D eigenvalue weighted by atomic mass is 10.1. The van der Waals surface area contributed by atoms with E-state index < -0.39 is 5.91 Å². The van der Waals surface area contributed by atoms with Gasteiger partial charge in [-0.25, -0.2) is 0 Å². The van der Waals surface area contributed by atoms with Gasteiger partial charge in [0.1, 0.15) is 5.75 Å². The van der Waals surface area contributed by atoms with E-state index in [9.17, 15) is 9.59 Å². The quantitative estimate of drug-likeness (QED) is 0.730. The average molecular weight is 365 g/mol. The van der Waals surface area contributed by atoms with Gasteiger partial charge in [0.15, 0.2) is 6.61 Å². The van der Waals surface area contributed by atoms with E-state index in [-0.39, 0.29) is 23.7 Å².